The van der Waals surface area contributed by atoms with Crippen molar-refractivity contribution < 1.29 is 4.21 Å². The summed E-state index contributed by atoms with van der Waals surface area (Å²) < 4.78 is 13.6. The Hall–Kier alpha value is -0.740. The molecule has 0 aliphatic carbocycles. The van der Waals surface area contributed by atoms with Crippen LogP contribution in [0.3, 0.4) is 0 Å². The van der Waals surface area contributed by atoms with E-state index in [1.54, 1.807) is 6.20 Å². The Morgan fingerprint density at radius 3 is 2.85 bits per heavy atom. The van der Waals surface area contributed by atoms with E-state index in [9.17, 15) is 4.21 Å². The summed E-state index contributed by atoms with van der Waals surface area (Å²) in [5.74, 6) is 0. The van der Waals surface area contributed by atoms with Gasteiger partial charge in [0, 0.05) is 13.2 Å². The molecule has 0 spiro atoms. The van der Waals surface area contributed by atoms with E-state index in [-0.39, 0.29) is 5.54 Å². The average molecular weight is 196 g/mol. The van der Waals surface area contributed by atoms with Gasteiger partial charge in [0.15, 0.2) is 0 Å². The molecule has 2 rings (SSSR count). The molecule has 0 N–H and O–H groups in total. The van der Waals surface area contributed by atoms with Gasteiger partial charge in [-0.05, 0) is 26.0 Å². The fourth-order valence-electron chi connectivity index (χ4n) is 1.49. The minimum Gasteiger partial charge on any atom is -0.258 e. The van der Waals surface area contributed by atoms with Gasteiger partial charge in [0.1, 0.15) is 11.0 Å². The largest absolute Gasteiger partial charge is 0.258 e. The molecule has 0 aromatic carbocycles. The van der Waals surface area contributed by atoms with Crippen LogP contribution in [-0.2, 0) is 16.5 Å². The molecule has 0 fully saturated rings. The van der Waals surface area contributed by atoms with E-state index >= 15 is 0 Å². The third-order valence-electron chi connectivity index (χ3n) is 2.57. The van der Waals surface area contributed by atoms with Crippen LogP contribution in [0.15, 0.2) is 23.2 Å². The Morgan fingerprint density at radius 1 is 1.54 bits per heavy atom. The minimum absolute atomic E-state index is 0.221. The molecular weight excluding hydrogens is 184 g/mol. The maximum atomic E-state index is 11.8. The lowest BCUT2D eigenvalue weighted by molar-refractivity contribution is 0.290. The predicted molar refractivity (Wildman–Crippen MR) is 51.4 cm³/mol. The number of aromatic nitrogens is 1. The number of hydrogen-bond acceptors (Lipinski definition) is 2. The molecule has 1 aromatic heterocycles. The van der Waals surface area contributed by atoms with Gasteiger partial charge in [-0.25, -0.2) is 8.51 Å². The average Bonchev–Trinajstić information content (AvgIpc) is 2.30. The van der Waals surface area contributed by atoms with Crippen molar-refractivity contribution in [2.45, 2.75) is 24.3 Å². The summed E-state index contributed by atoms with van der Waals surface area (Å²) in [6.45, 7) is 4.06. The molecule has 0 amide bonds. The molecular formula is C9H12N2OS. The van der Waals surface area contributed by atoms with Gasteiger partial charge >= 0.3 is 0 Å². The van der Waals surface area contributed by atoms with Crippen LogP contribution in [0.4, 0.5) is 0 Å². The first-order valence-corrected chi connectivity index (χ1v) is 5.27. The minimum atomic E-state index is -1.04. The van der Waals surface area contributed by atoms with Gasteiger partial charge in [0.25, 0.3) is 0 Å². The van der Waals surface area contributed by atoms with Crippen LogP contribution >= 0.6 is 0 Å². The lowest BCUT2D eigenvalue weighted by atomic mass is 10.0. The van der Waals surface area contributed by atoms with Crippen molar-refractivity contribution in [3.63, 3.8) is 0 Å². The van der Waals surface area contributed by atoms with Crippen molar-refractivity contribution in [2.24, 2.45) is 0 Å². The molecule has 0 saturated heterocycles. The van der Waals surface area contributed by atoms with E-state index < -0.39 is 11.0 Å². The quantitative estimate of drug-likeness (QED) is 0.626. The van der Waals surface area contributed by atoms with E-state index in [0.29, 0.717) is 0 Å². The Morgan fingerprint density at radius 2 is 2.23 bits per heavy atom. The highest BCUT2D eigenvalue weighted by molar-refractivity contribution is 7.83. The molecule has 13 heavy (non-hydrogen) atoms. The van der Waals surface area contributed by atoms with E-state index in [0.717, 1.165) is 10.6 Å². The first-order chi connectivity index (χ1) is 6.05. The summed E-state index contributed by atoms with van der Waals surface area (Å²) in [5.41, 5.74) is 0.706. The molecule has 1 unspecified atom stereocenters. The molecule has 4 heteroatoms. The van der Waals surface area contributed by atoms with Gasteiger partial charge in [0.05, 0.1) is 16.1 Å². The van der Waals surface area contributed by atoms with Gasteiger partial charge in [-0.1, -0.05) is 0 Å². The lowest BCUT2D eigenvalue weighted by Gasteiger charge is -2.25. The predicted octanol–water partition coefficient (Wildman–Crippen LogP) is 1.28. The van der Waals surface area contributed by atoms with Gasteiger partial charge < -0.3 is 0 Å². The highest BCUT2D eigenvalue weighted by Crippen LogP contribution is 2.38. The molecule has 1 atom stereocenters. The summed E-state index contributed by atoms with van der Waals surface area (Å²) in [7, 11) is 0.818. The van der Waals surface area contributed by atoms with Crippen molar-refractivity contribution in [2.75, 3.05) is 7.05 Å². The molecule has 0 saturated carbocycles. The van der Waals surface area contributed by atoms with Gasteiger partial charge in [-0.3, -0.25) is 4.98 Å². The van der Waals surface area contributed by atoms with Crippen molar-refractivity contribution in [1.82, 2.24) is 9.29 Å². The van der Waals surface area contributed by atoms with E-state index in [2.05, 4.69) is 4.98 Å². The number of rotatable bonds is 0. The van der Waals surface area contributed by atoms with Crippen molar-refractivity contribution in [3.8, 4) is 0 Å². The summed E-state index contributed by atoms with van der Waals surface area (Å²) in [4.78, 5) is 5.12. The Labute approximate surface area is 80.4 Å². The van der Waals surface area contributed by atoms with E-state index in [1.165, 1.54) is 0 Å². The topological polar surface area (TPSA) is 33.2 Å². The second kappa shape index (κ2) is 2.62. The van der Waals surface area contributed by atoms with Gasteiger partial charge in [0.2, 0.25) is 0 Å². The molecule has 3 nitrogen and oxygen atoms in total. The zero-order chi connectivity index (χ0) is 9.64. The molecule has 2 heterocycles. The van der Waals surface area contributed by atoms with E-state index in [4.69, 9.17) is 0 Å². The molecule has 70 valence electrons. The molecule has 1 aromatic rings. The monoisotopic (exact) mass is 196 g/mol. The first kappa shape index (κ1) is 8.84. The van der Waals surface area contributed by atoms with Gasteiger partial charge in [-0.15, -0.1) is 0 Å². The number of fused-ring (bicyclic) bond motifs is 1. The smallest absolute Gasteiger partial charge is 0.130 e. The van der Waals surface area contributed by atoms with Crippen LogP contribution in [0.2, 0.25) is 0 Å². The van der Waals surface area contributed by atoms with Crippen LogP contribution in [-0.4, -0.2) is 20.5 Å². The highest BCUT2D eigenvalue weighted by Gasteiger charge is 2.41. The van der Waals surface area contributed by atoms with Crippen LogP contribution in [0.1, 0.15) is 19.5 Å². The summed E-state index contributed by atoms with van der Waals surface area (Å²) >= 11 is 0. The molecule has 0 radical (unpaired) electrons. The van der Waals surface area contributed by atoms with Crippen LogP contribution in [0, 0.1) is 0 Å². The summed E-state index contributed by atoms with van der Waals surface area (Å²) in [5, 5.41) is 0. The maximum absolute atomic E-state index is 11.8. The van der Waals surface area contributed by atoms with E-state index in [1.807, 2.05) is 37.3 Å². The molecule has 1 aliphatic rings. The third-order valence-corrected chi connectivity index (χ3v) is 4.23. The Bertz CT molecular complexity index is 376. The Kier molecular flexibility index (Phi) is 1.78. The molecule has 0 bridgehead atoms. The Balaban J connectivity index is 2.68. The molecule has 1 aliphatic heterocycles. The third kappa shape index (κ3) is 1.05. The normalized spacial score (nSPS) is 25.9. The van der Waals surface area contributed by atoms with Crippen LogP contribution in [0.25, 0.3) is 0 Å². The number of pyridine rings is 1. The fourth-order valence-corrected chi connectivity index (χ4v) is 2.95. The second-order valence-corrected chi connectivity index (χ2v) is 5.14. The van der Waals surface area contributed by atoms with Crippen molar-refractivity contribution >= 4 is 11.0 Å². The van der Waals surface area contributed by atoms with Crippen molar-refractivity contribution in [3.05, 3.63) is 24.0 Å². The lowest BCUT2D eigenvalue weighted by Crippen LogP contribution is -2.33. The first-order valence-electron chi connectivity index (χ1n) is 4.16. The summed E-state index contributed by atoms with van der Waals surface area (Å²) in [6, 6.07) is 3.70. The maximum Gasteiger partial charge on any atom is 0.130 e. The zero-order valence-corrected chi connectivity index (χ0v) is 8.76. The zero-order valence-electron chi connectivity index (χ0n) is 7.94. The second-order valence-electron chi connectivity index (χ2n) is 3.66. The fraction of sp³-hybridized carbons (Fsp3) is 0.444. The highest BCUT2D eigenvalue weighted by atomic mass is 32.2. The van der Waals surface area contributed by atoms with Crippen LogP contribution < -0.4 is 0 Å². The van der Waals surface area contributed by atoms with Gasteiger partial charge in [-0.2, -0.15) is 0 Å². The van der Waals surface area contributed by atoms with Crippen LogP contribution in [0.5, 0.6) is 0 Å². The summed E-state index contributed by atoms with van der Waals surface area (Å²) in [6.07, 6.45) is 1.75. The number of nitrogens with zero attached hydrogens (tertiary/aromatic N) is 2. The standard InChI is InChI=1S/C9H12N2OS/c1-9(2)8-7(5-4-6-10-8)13(12)11(9)3/h4-6H,1-3H3. The SMILES string of the molecule is CN1S(=O)c2cccnc2C1(C)C. The van der Waals surface area contributed by atoms with Crippen molar-refractivity contribution in [1.29, 1.82) is 0 Å². The number of hydrogen-bond donors (Lipinski definition) is 0.